The molecule has 1 rings (SSSR count). The lowest BCUT2D eigenvalue weighted by Crippen LogP contribution is -2.37. The molecule has 0 heterocycles. The maximum absolute atomic E-state index is 5.98. The lowest BCUT2D eigenvalue weighted by atomic mass is 9.94. The van der Waals surface area contributed by atoms with Gasteiger partial charge in [-0.2, -0.15) is 0 Å². The Hall–Kier alpha value is -0.860. The first-order valence-electron chi connectivity index (χ1n) is 7.08. The minimum Gasteiger partial charge on any atom is -0.372 e. The molecule has 1 aromatic carbocycles. The van der Waals surface area contributed by atoms with E-state index < -0.39 is 0 Å². The van der Waals surface area contributed by atoms with Crippen LogP contribution in [0, 0.1) is 5.92 Å². The molecule has 18 heavy (non-hydrogen) atoms. The van der Waals surface area contributed by atoms with Gasteiger partial charge in [0, 0.05) is 12.6 Å². The van der Waals surface area contributed by atoms with E-state index >= 15 is 0 Å². The maximum Gasteiger partial charge on any atom is 0.0977 e. The number of likely N-dealkylation sites (N-methyl/N-ethyl adjacent to an activating group) is 1. The third-order valence-electron chi connectivity index (χ3n) is 3.03. The van der Waals surface area contributed by atoms with E-state index in [1.54, 1.807) is 0 Å². The van der Waals surface area contributed by atoms with Gasteiger partial charge in [-0.05, 0) is 31.4 Å². The van der Waals surface area contributed by atoms with Gasteiger partial charge in [0.1, 0.15) is 0 Å². The molecule has 0 saturated heterocycles. The molecule has 0 fully saturated rings. The van der Waals surface area contributed by atoms with Crippen molar-refractivity contribution in [3.8, 4) is 0 Å². The number of nitrogens with one attached hydrogen (secondary N) is 1. The predicted molar refractivity (Wildman–Crippen MR) is 77.7 cm³/mol. The highest BCUT2D eigenvalue weighted by Crippen LogP contribution is 2.25. The highest BCUT2D eigenvalue weighted by atomic mass is 16.5. The molecule has 0 amide bonds. The van der Waals surface area contributed by atoms with E-state index in [4.69, 9.17) is 4.74 Å². The summed E-state index contributed by atoms with van der Waals surface area (Å²) in [6, 6.07) is 10.9. The van der Waals surface area contributed by atoms with Crippen molar-refractivity contribution < 1.29 is 4.74 Å². The second-order valence-corrected chi connectivity index (χ2v) is 5.08. The van der Waals surface area contributed by atoms with Gasteiger partial charge in [-0.15, -0.1) is 0 Å². The molecule has 0 aliphatic carbocycles. The van der Waals surface area contributed by atoms with Crippen LogP contribution >= 0.6 is 0 Å². The van der Waals surface area contributed by atoms with Gasteiger partial charge >= 0.3 is 0 Å². The molecule has 0 bridgehead atoms. The van der Waals surface area contributed by atoms with Gasteiger partial charge in [0.05, 0.1) is 6.10 Å². The van der Waals surface area contributed by atoms with E-state index in [0.717, 1.165) is 19.6 Å². The first-order valence-corrected chi connectivity index (χ1v) is 7.08. The van der Waals surface area contributed by atoms with Gasteiger partial charge < -0.3 is 10.1 Å². The fourth-order valence-corrected chi connectivity index (χ4v) is 2.35. The standard InChI is InChI=1S/C16H27NO/c1-5-17-15(12-13(3)4)16(18-6-2)14-10-8-7-9-11-14/h7-11,13,15-17H,5-6,12H2,1-4H3. The maximum atomic E-state index is 5.98. The van der Waals surface area contributed by atoms with Crippen molar-refractivity contribution in [2.24, 2.45) is 5.92 Å². The Bertz CT molecular complexity index is 310. The molecular weight excluding hydrogens is 222 g/mol. The van der Waals surface area contributed by atoms with E-state index in [-0.39, 0.29) is 6.10 Å². The Kier molecular flexibility index (Phi) is 6.99. The summed E-state index contributed by atoms with van der Waals surface area (Å²) in [6.07, 6.45) is 1.28. The molecule has 0 aliphatic rings. The van der Waals surface area contributed by atoms with Gasteiger partial charge in [0.25, 0.3) is 0 Å². The molecule has 102 valence electrons. The van der Waals surface area contributed by atoms with Gasteiger partial charge in [0.15, 0.2) is 0 Å². The second kappa shape index (κ2) is 8.28. The van der Waals surface area contributed by atoms with E-state index in [1.165, 1.54) is 5.56 Å². The largest absolute Gasteiger partial charge is 0.372 e. The molecule has 1 aromatic rings. The van der Waals surface area contributed by atoms with E-state index in [1.807, 2.05) is 0 Å². The van der Waals surface area contributed by atoms with Crippen molar-refractivity contribution >= 4 is 0 Å². The molecule has 2 nitrogen and oxygen atoms in total. The van der Waals surface area contributed by atoms with Gasteiger partial charge in [-0.1, -0.05) is 51.1 Å². The quantitative estimate of drug-likeness (QED) is 0.757. The summed E-state index contributed by atoms with van der Waals surface area (Å²) in [5.41, 5.74) is 1.27. The average Bonchev–Trinajstić information content (AvgIpc) is 2.36. The van der Waals surface area contributed by atoms with E-state index in [0.29, 0.717) is 12.0 Å². The van der Waals surface area contributed by atoms with E-state index in [2.05, 4.69) is 63.3 Å². The van der Waals surface area contributed by atoms with Crippen molar-refractivity contribution in [1.29, 1.82) is 0 Å². The number of hydrogen-bond donors (Lipinski definition) is 1. The molecule has 1 N–H and O–H groups in total. The number of rotatable bonds is 8. The minimum absolute atomic E-state index is 0.151. The highest BCUT2D eigenvalue weighted by Gasteiger charge is 2.23. The Morgan fingerprint density at radius 1 is 1.11 bits per heavy atom. The van der Waals surface area contributed by atoms with E-state index in [9.17, 15) is 0 Å². The van der Waals surface area contributed by atoms with Crippen LogP contribution in [0.4, 0.5) is 0 Å². The fourth-order valence-electron chi connectivity index (χ4n) is 2.35. The molecule has 0 saturated carbocycles. The third kappa shape index (κ3) is 4.79. The van der Waals surface area contributed by atoms with Crippen molar-refractivity contribution in [1.82, 2.24) is 5.32 Å². The van der Waals surface area contributed by atoms with Gasteiger partial charge in [0.2, 0.25) is 0 Å². The molecule has 0 spiro atoms. The van der Waals surface area contributed by atoms with Crippen LogP contribution < -0.4 is 5.32 Å². The van der Waals surface area contributed by atoms with Crippen molar-refractivity contribution in [3.63, 3.8) is 0 Å². The molecule has 2 unspecified atom stereocenters. The van der Waals surface area contributed by atoms with Crippen molar-refractivity contribution in [2.75, 3.05) is 13.2 Å². The fraction of sp³-hybridized carbons (Fsp3) is 0.625. The monoisotopic (exact) mass is 249 g/mol. The average molecular weight is 249 g/mol. The van der Waals surface area contributed by atoms with Crippen LogP contribution in [-0.2, 0) is 4.74 Å². The molecule has 0 aliphatic heterocycles. The second-order valence-electron chi connectivity index (χ2n) is 5.08. The molecule has 2 atom stereocenters. The van der Waals surface area contributed by atoms with Crippen LogP contribution in [0.5, 0.6) is 0 Å². The summed E-state index contributed by atoms with van der Waals surface area (Å²) >= 11 is 0. The molecular formula is C16H27NO. The number of ether oxygens (including phenoxy) is 1. The Labute approximate surface area is 112 Å². The summed E-state index contributed by atoms with van der Waals surface area (Å²) in [5, 5.41) is 3.57. The first-order chi connectivity index (χ1) is 8.69. The lowest BCUT2D eigenvalue weighted by Gasteiger charge is -2.29. The first kappa shape index (κ1) is 15.2. The molecule has 2 heteroatoms. The SMILES string of the molecule is CCNC(CC(C)C)C(OCC)c1ccccc1. The van der Waals surface area contributed by atoms with Crippen LogP contribution in [0.25, 0.3) is 0 Å². The number of benzene rings is 1. The van der Waals surface area contributed by atoms with Gasteiger partial charge in [-0.25, -0.2) is 0 Å². The zero-order valence-electron chi connectivity index (χ0n) is 12.1. The predicted octanol–water partition coefficient (Wildman–Crippen LogP) is 3.79. The smallest absolute Gasteiger partial charge is 0.0977 e. The lowest BCUT2D eigenvalue weighted by molar-refractivity contribution is 0.0280. The Morgan fingerprint density at radius 3 is 2.28 bits per heavy atom. The summed E-state index contributed by atoms with van der Waals surface area (Å²) < 4.78 is 5.98. The summed E-state index contributed by atoms with van der Waals surface area (Å²) in [5.74, 6) is 0.667. The molecule has 0 radical (unpaired) electrons. The summed E-state index contributed by atoms with van der Waals surface area (Å²) in [6.45, 7) is 10.5. The highest BCUT2D eigenvalue weighted by molar-refractivity contribution is 5.19. The van der Waals surface area contributed by atoms with Crippen molar-refractivity contribution in [2.45, 2.75) is 46.3 Å². The van der Waals surface area contributed by atoms with Gasteiger partial charge in [-0.3, -0.25) is 0 Å². The van der Waals surface area contributed by atoms with Crippen LogP contribution in [0.1, 0.15) is 45.8 Å². The normalized spacial score (nSPS) is 14.7. The van der Waals surface area contributed by atoms with Crippen molar-refractivity contribution in [3.05, 3.63) is 35.9 Å². The Balaban J connectivity index is 2.85. The Morgan fingerprint density at radius 2 is 1.78 bits per heavy atom. The summed E-state index contributed by atoms with van der Waals surface area (Å²) in [4.78, 5) is 0. The van der Waals surface area contributed by atoms with Crippen LogP contribution in [0.2, 0.25) is 0 Å². The minimum atomic E-state index is 0.151. The number of hydrogen-bond acceptors (Lipinski definition) is 2. The van der Waals surface area contributed by atoms with Crippen LogP contribution in [0.3, 0.4) is 0 Å². The zero-order chi connectivity index (χ0) is 13.4. The molecule has 0 aromatic heterocycles. The van der Waals surface area contributed by atoms with Crippen LogP contribution in [-0.4, -0.2) is 19.2 Å². The third-order valence-corrected chi connectivity index (χ3v) is 3.03. The zero-order valence-corrected chi connectivity index (χ0v) is 12.1. The topological polar surface area (TPSA) is 21.3 Å². The summed E-state index contributed by atoms with van der Waals surface area (Å²) in [7, 11) is 0. The van der Waals surface area contributed by atoms with Crippen LogP contribution in [0.15, 0.2) is 30.3 Å².